The summed E-state index contributed by atoms with van der Waals surface area (Å²) in [7, 11) is 7.10. The van der Waals surface area contributed by atoms with Crippen molar-refractivity contribution in [3.63, 3.8) is 0 Å². The maximum atomic E-state index is 13.1. The number of hydrogen-bond acceptors (Lipinski definition) is 8. The molecular formula is C23H24N4O6. The van der Waals surface area contributed by atoms with Gasteiger partial charge in [-0.25, -0.2) is 0 Å². The number of nitrogens with zero attached hydrogens (tertiary/aromatic N) is 4. The largest absolute Gasteiger partial charge is 0.377 e. The fourth-order valence-electron chi connectivity index (χ4n) is 3.38. The van der Waals surface area contributed by atoms with E-state index < -0.39 is 9.85 Å². The lowest BCUT2D eigenvalue weighted by Gasteiger charge is -2.18. The van der Waals surface area contributed by atoms with Crippen molar-refractivity contribution in [2.24, 2.45) is 0 Å². The Kier molecular flexibility index (Phi) is 6.88. The molecule has 33 heavy (non-hydrogen) atoms. The van der Waals surface area contributed by atoms with Crippen LogP contribution < -0.4 is 9.80 Å². The van der Waals surface area contributed by atoms with E-state index in [1.54, 1.807) is 62.3 Å². The normalized spacial score (nSPS) is 16.2. The van der Waals surface area contributed by atoms with E-state index in [2.05, 4.69) is 0 Å². The first kappa shape index (κ1) is 23.6. The molecule has 0 amide bonds. The van der Waals surface area contributed by atoms with Crippen molar-refractivity contribution in [1.82, 2.24) is 0 Å². The first-order chi connectivity index (χ1) is 15.6. The number of benzene rings is 2. The molecule has 1 aliphatic rings. The molecule has 3 rings (SSSR count). The summed E-state index contributed by atoms with van der Waals surface area (Å²) in [5.74, 6) is -0.363. The van der Waals surface area contributed by atoms with Gasteiger partial charge in [0.25, 0.3) is 11.4 Å². The summed E-state index contributed by atoms with van der Waals surface area (Å²) in [4.78, 5) is 38.7. The number of ether oxygens (including phenoxy) is 1. The van der Waals surface area contributed by atoms with Crippen LogP contribution in [0.2, 0.25) is 0 Å². The van der Waals surface area contributed by atoms with E-state index >= 15 is 0 Å². The number of carbonyl (C=O) groups excluding carboxylic acids is 1. The Bertz CT molecular complexity index is 1090. The molecule has 0 saturated carbocycles. The smallest absolute Gasteiger partial charge is 0.278 e. The number of rotatable bonds is 6. The molecule has 1 aliphatic heterocycles. The minimum absolute atomic E-state index is 0.00950. The summed E-state index contributed by atoms with van der Waals surface area (Å²) in [6.45, 7) is -0.0190. The molecule has 10 heteroatoms. The van der Waals surface area contributed by atoms with Crippen molar-refractivity contribution in [2.45, 2.75) is 0 Å². The van der Waals surface area contributed by atoms with Crippen LogP contribution in [0.1, 0.15) is 11.1 Å². The summed E-state index contributed by atoms with van der Waals surface area (Å²) in [6.07, 6.45) is 2.88. The predicted octanol–water partition coefficient (Wildman–Crippen LogP) is 3.70. The Labute approximate surface area is 190 Å². The molecule has 1 saturated heterocycles. The van der Waals surface area contributed by atoms with Gasteiger partial charge in [-0.2, -0.15) is 0 Å². The molecule has 10 nitrogen and oxygen atoms in total. The van der Waals surface area contributed by atoms with E-state index in [9.17, 15) is 25.0 Å². The van der Waals surface area contributed by atoms with Crippen LogP contribution >= 0.6 is 0 Å². The van der Waals surface area contributed by atoms with E-state index in [0.717, 1.165) is 0 Å². The number of carbonyl (C=O) groups is 1. The van der Waals surface area contributed by atoms with Gasteiger partial charge in [-0.3, -0.25) is 25.0 Å². The molecule has 0 N–H and O–H groups in total. The first-order valence-corrected chi connectivity index (χ1v) is 10.0. The molecule has 0 radical (unpaired) electrons. The highest BCUT2D eigenvalue weighted by atomic mass is 16.6. The Morgan fingerprint density at radius 1 is 0.788 bits per heavy atom. The molecular weight excluding hydrogens is 428 g/mol. The number of ketones is 1. The lowest BCUT2D eigenvalue weighted by atomic mass is 9.97. The van der Waals surface area contributed by atoms with Gasteiger partial charge < -0.3 is 14.5 Å². The minimum Gasteiger partial charge on any atom is -0.377 e. The molecule has 172 valence electrons. The quantitative estimate of drug-likeness (QED) is 0.370. The number of nitro benzene ring substituents is 2. The molecule has 0 aromatic heterocycles. The fourth-order valence-corrected chi connectivity index (χ4v) is 3.38. The van der Waals surface area contributed by atoms with Crippen LogP contribution in [0.3, 0.4) is 0 Å². The van der Waals surface area contributed by atoms with Gasteiger partial charge in [0.05, 0.1) is 34.2 Å². The van der Waals surface area contributed by atoms with Gasteiger partial charge >= 0.3 is 0 Å². The Balaban J connectivity index is 2.00. The molecule has 0 unspecified atom stereocenters. The third-order valence-electron chi connectivity index (χ3n) is 5.21. The second-order valence-electron chi connectivity index (χ2n) is 7.95. The van der Waals surface area contributed by atoms with Crippen LogP contribution in [0, 0.1) is 20.2 Å². The summed E-state index contributed by atoms with van der Waals surface area (Å²) in [5, 5.41) is 23.1. The zero-order chi connectivity index (χ0) is 24.3. The Morgan fingerprint density at radius 2 is 1.18 bits per heavy atom. The van der Waals surface area contributed by atoms with Gasteiger partial charge in [0, 0.05) is 62.8 Å². The highest BCUT2D eigenvalue weighted by Gasteiger charge is 2.25. The second kappa shape index (κ2) is 9.61. The van der Waals surface area contributed by atoms with Gasteiger partial charge in [0.2, 0.25) is 0 Å². The third kappa shape index (κ3) is 5.24. The summed E-state index contributed by atoms with van der Waals surface area (Å²) in [5.41, 5.74) is 2.08. The van der Waals surface area contributed by atoms with Gasteiger partial charge in [0.1, 0.15) is 0 Å². The van der Waals surface area contributed by atoms with Crippen molar-refractivity contribution in [3.8, 4) is 0 Å². The molecule has 1 heterocycles. The topological polar surface area (TPSA) is 119 Å². The van der Waals surface area contributed by atoms with E-state index in [1.807, 2.05) is 0 Å². The van der Waals surface area contributed by atoms with Crippen LogP contribution in [-0.4, -0.2) is 57.0 Å². The van der Waals surface area contributed by atoms with Crippen molar-refractivity contribution < 1.29 is 19.4 Å². The second-order valence-corrected chi connectivity index (χ2v) is 7.95. The van der Waals surface area contributed by atoms with Gasteiger partial charge in [-0.05, 0) is 36.4 Å². The zero-order valence-electron chi connectivity index (χ0n) is 18.8. The predicted molar refractivity (Wildman–Crippen MR) is 127 cm³/mol. The fraction of sp³-hybridized carbons (Fsp3) is 0.261. The SMILES string of the molecule is CN(C)c1ccc(/C=C2/COC/C(=C\c3ccc(N(C)C)cc3[N+](=O)[O-])C2=O)c([N+](=O)[O-])c1. The van der Waals surface area contributed by atoms with E-state index in [4.69, 9.17) is 4.74 Å². The number of nitro groups is 2. The molecule has 0 aliphatic carbocycles. The average Bonchev–Trinajstić information content (AvgIpc) is 2.76. The number of Topliss-reactive ketones (excluding diaryl/α,β-unsaturated/α-hetero) is 1. The van der Waals surface area contributed by atoms with Crippen molar-refractivity contribution in [1.29, 1.82) is 0 Å². The summed E-state index contributed by atoms with van der Waals surface area (Å²) < 4.78 is 5.52. The van der Waals surface area contributed by atoms with Gasteiger partial charge in [0.15, 0.2) is 5.78 Å². The first-order valence-electron chi connectivity index (χ1n) is 10.0. The van der Waals surface area contributed by atoms with Gasteiger partial charge in [-0.15, -0.1) is 0 Å². The third-order valence-corrected chi connectivity index (χ3v) is 5.21. The average molecular weight is 452 g/mol. The van der Waals surface area contributed by atoms with Crippen molar-refractivity contribution >= 4 is 40.7 Å². The lowest BCUT2D eigenvalue weighted by Crippen LogP contribution is -2.22. The zero-order valence-corrected chi connectivity index (χ0v) is 18.8. The Morgan fingerprint density at radius 3 is 1.52 bits per heavy atom. The summed E-state index contributed by atoms with van der Waals surface area (Å²) in [6, 6.07) is 9.48. The highest BCUT2D eigenvalue weighted by molar-refractivity contribution is 6.14. The van der Waals surface area contributed by atoms with Crippen LogP contribution in [0.25, 0.3) is 12.2 Å². The van der Waals surface area contributed by atoms with Crippen LogP contribution in [-0.2, 0) is 9.53 Å². The lowest BCUT2D eigenvalue weighted by molar-refractivity contribution is -0.385. The standard InChI is InChI=1S/C23H24N4O6/c1-24(2)19-7-5-15(21(11-19)26(29)30)9-17-13-33-14-18(23(17)28)10-16-6-8-20(25(3)4)12-22(16)27(31)32/h5-12H,13-14H2,1-4H3/b17-9-,18-10+. The molecule has 2 aromatic carbocycles. The molecule has 0 atom stereocenters. The Hall–Kier alpha value is -4.05. The number of anilines is 2. The maximum absolute atomic E-state index is 13.1. The van der Waals surface area contributed by atoms with Crippen LogP contribution in [0.15, 0.2) is 47.5 Å². The monoisotopic (exact) mass is 452 g/mol. The highest BCUT2D eigenvalue weighted by Crippen LogP contribution is 2.30. The van der Waals surface area contributed by atoms with Crippen LogP contribution in [0.5, 0.6) is 0 Å². The van der Waals surface area contributed by atoms with Crippen molar-refractivity contribution in [2.75, 3.05) is 51.2 Å². The molecule has 2 aromatic rings. The molecule has 1 fully saturated rings. The summed E-state index contributed by atoms with van der Waals surface area (Å²) >= 11 is 0. The number of hydrogen-bond donors (Lipinski definition) is 0. The minimum atomic E-state index is -0.500. The molecule has 0 spiro atoms. The van der Waals surface area contributed by atoms with E-state index in [-0.39, 0.29) is 52.6 Å². The van der Waals surface area contributed by atoms with Crippen LogP contribution in [0.4, 0.5) is 22.7 Å². The van der Waals surface area contributed by atoms with E-state index in [0.29, 0.717) is 11.4 Å². The van der Waals surface area contributed by atoms with E-state index in [1.165, 1.54) is 24.3 Å². The van der Waals surface area contributed by atoms with Crippen molar-refractivity contribution in [3.05, 3.63) is 78.9 Å². The maximum Gasteiger partial charge on any atom is 0.278 e. The van der Waals surface area contributed by atoms with Gasteiger partial charge in [-0.1, -0.05) is 0 Å². The molecule has 0 bridgehead atoms.